The van der Waals surface area contributed by atoms with Gasteiger partial charge in [-0.2, -0.15) is 0 Å². The quantitative estimate of drug-likeness (QED) is 0.730. The molecule has 27 heavy (non-hydrogen) atoms. The van der Waals surface area contributed by atoms with Crippen LogP contribution in [0.4, 0.5) is 5.69 Å². The number of anilines is 1. The van der Waals surface area contributed by atoms with Gasteiger partial charge in [-0.25, -0.2) is 4.79 Å². The zero-order valence-electron chi connectivity index (χ0n) is 15.4. The Morgan fingerprint density at radius 1 is 1.07 bits per heavy atom. The van der Waals surface area contributed by atoms with Gasteiger partial charge >= 0.3 is 5.97 Å². The largest absolute Gasteiger partial charge is 0.497 e. The molecule has 0 saturated heterocycles. The number of esters is 1. The maximum Gasteiger partial charge on any atom is 0.328 e. The van der Waals surface area contributed by atoms with E-state index in [1.54, 1.807) is 42.5 Å². The van der Waals surface area contributed by atoms with Crippen molar-refractivity contribution in [2.45, 2.75) is 19.9 Å². The number of hydrogen-bond acceptors (Lipinski definition) is 5. The number of amides is 2. The lowest BCUT2D eigenvalue weighted by molar-refractivity contribution is -0.148. The first-order valence-corrected chi connectivity index (χ1v) is 8.37. The molecule has 1 atom stereocenters. The Bertz CT molecular complexity index is 835. The predicted octanol–water partition coefficient (Wildman–Crippen LogP) is 2.30. The fourth-order valence-corrected chi connectivity index (χ4v) is 2.28. The first kappa shape index (κ1) is 20.0. The van der Waals surface area contributed by atoms with Gasteiger partial charge in [-0.1, -0.05) is 23.8 Å². The molecule has 0 fully saturated rings. The minimum atomic E-state index is -0.886. The summed E-state index contributed by atoms with van der Waals surface area (Å²) in [5.41, 5.74) is 1.91. The molecule has 0 aliphatic rings. The number of ether oxygens (including phenoxy) is 2. The molecule has 0 bridgehead atoms. The van der Waals surface area contributed by atoms with Gasteiger partial charge in [0, 0.05) is 17.3 Å². The standard InChI is InChI=1S/C20H22N2O5/c1-13-6-4-7-15(10-13)19(24)21-14(2)20(25)27-12-18(23)22-16-8-5-9-17(11-16)26-3/h4-11,14H,12H2,1-3H3,(H,21,24)(H,22,23)/t14-/m0/s1. The first-order chi connectivity index (χ1) is 12.9. The summed E-state index contributed by atoms with van der Waals surface area (Å²) in [4.78, 5) is 36.0. The Labute approximate surface area is 157 Å². The fraction of sp³-hybridized carbons (Fsp3) is 0.250. The van der Waals surface area contributed by atoms with Crippen LogP contribution in [-0.2, 0) is 14.3 Å². The van der Waals surface area contributed by atoms with Crippen molar-refractivity contribution < 1.29 is 23.9 Å². The van der Waals surface area contributed by atoms with E-state index in [0.717, 1.165) is 5.56 Å². The molecule has 0 radical (unpaired) electrons. The highest BCUT2D eigenvalue weighted by Gasteiger charge is 2.19. The summed E-state index contributed by atoms with van der Waals surface area (Å²) in [6.45, 7) is 2.91. The lowest BCUT2D eigenvalue weighted by atomic mass is 10.1. The van der Waals surface area contributed by atoms with Gasteiger partial charge < -0.3 is 20.1 Å². The smallest absolute Gasteiger partial charge is 0.328 e. The zero-order chi connectivity index (χ0) is 19.8. The number of carbonyl (C=O) groups is 3. The second-order valence-electron chi connectivity index (χ2n) is 5.95. The van der Waals surface area contributed by atoms with Crippen molar-refractivity contribution in [2.75, 3.05) is 19.0 Å². The van der Waals surface area contributed by atoms with Crippen LogP contribution in [-0.4, -0.2) is 37.5 Å². The lowest BCUT2D eigenvalue weighted by Gasteiger charge is -2.14. The average molecular weight is 370 g/mol. The molecular weight excluding hydrogens is 348 g/mol. The molecule has 0 unspecified atom stereocenters. The van der Waals surface area contributed by atoms with Crippen molar-refractivity contribution >= 4 is 23.5 Å². The Hall–Kier alpha value is -3.35. The van der Waals surface area contributed by atoms with Crippen LogP contribution in [0.15, 0.2) is 48.5 Å². The molecule has 2 N–H and O–H groups in total. The maximum atomic E-state index is 12.1. The van der Waals surface area contributed by atoms with Crippen molar-refractivity contribution in [3.8, 4) is 5.75 Å². The van der Waals surface area contributed by atoms with Crippen molar-refractivity contribution in [1.82, 2.24) is 5.32 Å². The summed E-state index contributed by atoms with van der Waals surface area (Å²) in [6, 6.07) is 12.9. The molecule has 0 aliphatic carbocycles. The van der Waals surface area contributed by atoms with E-state index in [1.165, 1.54) is 14.0 Å². The average Bonchev–Trinajstić information content (AvgIpc) is 2.66. The topological polar surface area (TPSA) is 93.7 Å². The molecule has 0 saturated carbocycles. The third kappa shape index (κ3) is 6.14. The van der Waals surface area contributed by atoms with Crippen LogP contribution >= 0.6 is 0 Å². The van der Waals surface area contributed by atoms with Gasteiger partial charge in [0.05, 0.1) is 7.11 Å². The molecular formula is C20H22N2O5. The molecule has 142 valence electrons. The third-order valence-corrected chi connectivity index (χ3v) is 3.68. The number of carbonyl (C=O) groups excluding carboxylic acids is 3. The van der Waals surface area contributed by atoms with Crippen LogP contribution in [0.5, 0.6) is 5.75 Å². The highest BCUT2D eigenvalue weighted by Crippen LogP contribution is 2.16. The van der Waals surface area contributed by atoms with Crippen molar-refractivity contribution in [1.29, 1.82) is 0 Å². The molecule has 2 aromatic carbocycles. The number of benzene rings is 2. The molecule has 0 heterocycles. The highest BCUT2D eigenvalue weighted by atomic mass is 16.5. The van der Waals surface area contributed by atoms with E-state index < -0.39 is 24.5 Å². The minimum Gasteiger partial charge on any atom is -0.497 e. The van der Waals surface area contributed by atoms with Crippen LogP contribution in [0.25, 0.3) is 0 Å². The molecule has 0 aromatic heterocycles. The fourth-order valence-electron chi connectivity index (χ4n) is 2.28. The van der Waals surface area contributed by atoms with E-state index in [9.17, 15) is 14.4 Å². The van der Waals surface area contributed by atoms with Crippen molar-refractivity contribution in [2.24, 2.45) is 0 Å². The summed E-state index contributed by atoms with van der Waals surface area (Å²) in [5, 5.41) is 5.15. The molecule has 0 aliphatic heterocycles. The van der Waals surface area contributed by atoms with Crippen LogP contribution < -0.4 is 15.4 Å². The van der Waals surface area contributed by atoms with E-state index in [0.29, 0.717) is 17.0 Å². The van der Waals surface area contributed by atoms with Gasteiger partial charge in [-0.05, 0) is 38.1 Å². The number of rotatable bonds is 7. The van der Waals surface area contributed by atoms with Crippen LogP contribution in [0.3, 0.4) is 0 Å². The summed E-state index contributed by atoms with van der Waals surface area (Å²) in [5.74, 6) is -0.980. The van der Waals surface area contributed by atoms with Crippen molar-refractivity contribution in [3.05, 3.63) is 59.7 Å². The van der Waals surface area contributed by atoms with Gasteiger partial charge in [0.15, 0.2) is 6.61 Å². The highest BCUT2D eigenvalue weighted by molar-refractivity contribution is 5.97. The third-order valence-electron chi connectivity index (χ3n) is 3.68. The molecule has 0 spiro atoms. The zero-order valence-corrected chi connectivity index (χ0v) is 15.4. The Kier molecular flexibility index (Phi) is 6.93. The summed E-state index contributed by atoms with van der Waals surface area (Å²) < 4.78 is 10.0. The van der Waals surface area contributed by atoms with E-state index >= 15 is 0 Å². The van der Waals surface area contributed by atoms with Crippen LogP contribution in [0, 0.1) is 6.92 Å². The number of methoxy groups -OCH3 is 1. The van der Waals surface area contributed by atoms with Gasteiger partial charge in [-0.3, -0.25) is 9.59 Å². The second-order valence-corrected chi connectivity index (χ2v) is 5.95. The van der Waals surface area contributed by atoms with E-state index in [-0.39, 0.29) is 5.91 Å². The molecule has 7 heteroatoms. The van der Waals surface area contributed by atoms with E-state index in [4.69, 9.17) is 9.47 Å². The van der Waals surface area contributed by atoms with Gasteiger partial charge in [0.1, 0.15) is 11.8 Å². The Morgan fingerprint density at radius 3 is 2.52 bits per heavy atom. The molecule has 2 rings (SSSR count). The summed E-state index contributed by atoms with van der Waals surface area (Å²) in [7, 11) is 1.52. The predicted molar refractivity (Wildman–Crippen MR) is 101 cm³/mol. The first-order valence-electron chi connectivity index (χ1n) is 8.37. The summed E-state index contributed by atoms with van der Waals surface area (Å²) >= 11 is 0. The monoisotopic (exact) mass is 370 g/mol. The number of aryl methyl sites for hydroxylation is 1. The number of hydrogen-bond donors (Lipinski definition) is 2. The summed E-state index contributed by atoms with van der Waals surface area (Å²) in [6.07, 6.45) is 0. The number of nitrogens with one attached hydrogen (secondary N) is 2. The van der Waals surface area contributed by atoms with Crippen molar-refractivity contribution in [3.63, 3.8) is 0 Å². The second kappa shape index (κ2) is 9.38. The normalized spacial score (nSPS) is 11.2. The Morgan fingerprint density at radius 2 is 1.81 bits per heavy atom. The Balaban J connectivity index is 1.81. The van der Waals surface area contributed by atoms with Crippen LogP contribution in [0.2, 0.25) is 0 Å². The molecule has 2 aromatic rings. The van der Waals surface area contributed by atoms with E-state index in [2.05, 4.69) is 10.6 Å². The maximum absolute atomic E-state index is 12.1. The lowest BCUT2D eigenvalue weighted by Crippen LogP contribution is -2.40. The van der Waals surface area contributed by atoms with Gasteiger partial charge in [-0.15, -0.1) is 0 Å². The molecule has 7 nitrogen and oxygen atoms in total. The SMILES string of the molecule is COc1cccc(NC(=O)COC(=O)[C@H](C)NC(=O)c2cccc(C)c2)c1. The van der Waals surface area contributed by atoms with Crippen LogP contribution in [0.1, 0.15) is 22.8 Å². The molecule has 2 amide bonds. The van der Waals surface area contributed by atoms with Gasteiger partial charge in [0.25, 0.3) is 11.8 Å². The van der Waals surface area contributed by atoms with E-state index in [1.807, 2.05) is 13.0 Å². The minimum absolute atomic E-state index is 0.385. The van der Waals surface area contributed by atoms with Gasteiger partial charge in [0.2, 0.25) is 0 Å².